The van der Waals surface area contributed by atoms with Gasteiger partial charge in [-0.15, -0.1) is 11.6 Å². The molecule has 4 heteroatoms. The molecule has 0 aromatic heterocycles. The molecule has 98 valence electrons. The summed E-state index contributed by atoms with van der Waals surface area (Å²) in [6, 6.07) is 7.89. The molecular formula is C14H17ClO3. The Kier molecular flexibility index (Phi) is 2.81. The van der Waals surface area contributed by atoms with Gasteiger partial charge in [-0.2, -0.15) is 0 Å². The Labute approximate surface area is 112 Å². The molecule has 1 aromatic rings. The van der Waals surface area contributed by atoms with Crippen LogP contribution in [0, 0.1) is 0 Å². The summed E-state index contributed by atoms with van der Waals surface area (Å²) in [5, 5.41) is 0. The molecule has 2 unspecified atom stereocenters. The molecule has 1 spiro atoms. The lowest BCUT2D eigenvalue weighted by atomic mass is 9.88. The lowest BCUT2D eigenvalue weighted by molar-refractivity contribution is -0.214. The number of para-hydroxylation sites is 1. The lowest BCUT2D eigenvalue weighted by Crippen LogP contribution is -2.45. The molecule has 1 fully saturated rings. The van der Waals surface area contributed by atoms with Crippen LogP contribution in [0.15, 0.2) is 24.3 Å². The zero-order valence-electron chi connectivity index (χ0n) is 10.6. The minimum absolute atomic E-state index is 0.0476. The normalized spacial score (nSPS) is 33.2. The first-order valence-electron chi connectivity index (χ1n) is 6.21. The first kappa shape index (κ1) is 12.3. The third-order valence-electron chi connectivity index (χ3n) is 3.37. The molecule has 2 aliphatic heterocycles. The van der Waals surface area contributed by atoms with Crippen LogP contribution in [0.1, 0.15) is 25.8 Å². The number of benzene rings is 1. The maximum absolute atomic E-state index is 6.07. The summed E-state index contributed by atoms with van der Waals surface area (Å²) in [5.74, 6) is 0.590. The molecule has 0 saturated carbocycles. The third kappa shape index (κ3) is 1.91. The molecule has 2 aliphatic rings. The molecule has 18 heavy (non-hydrogen) atoms. The topological polar surface area (TPSA) is 27.7 Å². The van der Waals surface area contributed by atoms with Crippen LogP contribution in [-0.2, 0) is 15.3 Å². The summed E-state index contributed by atoms with van der Waals surface area (Å²) < 4.78 is 18.0. The van der Waals surface area contributed by atoms with Gasteiger partial charge < -0.3 is 14.2 Å². The summed E-state index contributed by atoms with van der Waals surface area (Å²) in [5.41, 5.74) is 0.659. The summed E-state index contributed by atoms with van der Waals surface area (Å²) in [6.45, 7) is 4.63. The number of hydrogen-bond donors (Lipinski definition) is 0. The maximum atomic E-state index is 6.07. The van der Waals surface area contributed by atoms with Crippen molar-refractivity contribution in [3.8, 4) is 5.75 Å². The highest BCUT2D eigenvalue weighted by atomic mass is 35.5. The molecule has 3 nitrogen and oxygen atoms in total. The quantitative estimate of drug-likeness (QED) is 0.733. The molecule has 0 amide bonds. The van der Waals surface area contributed by atoms with E-state index in [2.05, 4.69) is 0 Å². The van der Waals surface area contributed by atoms with Gasteiger partial charge in [0, 0.05) is 6.42 Å². The van der Waals surface area contributed by atoms with E-state index < -0.39 is 5.79 Å². The number of hydrogen-bond acceptors (Lipinski definition) is 3. The largest absolute Gasteiger partial charge is 0.487 e. The van der Waals surface area contributed by atoms with Crippen molar-refractivity contribution in [1.29, 1.82) is 0 Å². The number of ether oxygens (including phenoxy) is 3. The first-order chi connectivity index (χ1) is 8.55. The van der Waals surface area contributed by atoms with Crippen LogP contribution in [-0.4, -0.2) is 24.2 Å². The Morgan fingerprint density at radius 3 is 2.83 bits per heavy atom. The maximum Gasteiger partial charge on any atom is 0.202 e. The SMILES string of the molecule is CC1(C)CC2(OCC(CCl)O2)c2ccccc2O1. The van der Waals surface area contributed by atoms with Gasteiger partial charge in [0.15, 0.2) is 0 Å². The summed E-state index contributed by atoms with van der Waals surface area (Å²) in [4.78, 5) is 0. The molecule has 1 saturated heterocycles. The van der Waals surface area contributed by atoms with Crippen molar-refractivity contribution >= 4 is 11.6 Å². The Morgan fingerprint density at radius 1 is 1.33 bits per heavy atom. The molecule has 2 atom stereocenters. The zero-order valence-corrected chi connectivity index (χ0v) is 11.4. The highest BCUT2D eigenvalue weighted by molar-refractivity contribution is 6.18. The van der Waals surface area contributed by atoms with Crippen LogP contribution in [0.25, 0.3) is 0 Å². The van der Waals surface area contributed by atoms with Crippen molar-refractivity contribution in [2.24, 2.45) is 0 Å². The van der Waals surface area contributed by atoms with Gasteiger partial charge in [-0.05, 0) is 26.0 Å². The van der Waals surface area contributed by atoms with Crippen LogP contribution in [0.5, 0.6) is 5.75 Å². The lowest BCUT2D eigenvalue weighted by Gasteiger charge is -2.42. The standard InChI is InChI=1S/C14H17ClO3/c1-13(2)9-14(16-8-10(7-15)17-14)11-5-3-4-6-12(11)18-13/h3-6,10H,7-9H2,1-2H3. The first-order valence-corrected chi connectivity index (χ1v) is 6.74. The van der Waals surface area contributed by atoms with E-state index in [1.54, 1.807) is 0 Å². The average molecular weight is 269 g/mol. The fourth-order valence-electron chi connectivity index (χ4n) is 2.73. The van der Waals surface area contributed by atoms with Crippen LogP contribution >= 0.6 is 11.6 Å². The van der Waals surface area contributed by atoms with Gasteiger partial charge >= 0.3 is 0 Å². The molecule has 0 N–H and O–H groups in total. The number of alkyl halides is 1. The van der Waals surface area contributed by atoms with E-state index in [0.29, 0.717) is 18.9 Å². The Bertz CT molecular complexity index is 460. The predicted octanol–water partition coefficient (Wildman–Crippen LogP) is 3.05. The van der Waals surface area contributed by atoms with Crippen molar-refractivity contribution < 1.29 is 14.2 Å². The molecule has 3 rings (SSSR count). The van der Waals surface area contributed by atoms with Gasteiger partial charge in [0.1, 0.15) is 11.4 Å². The smallest absolute Gasteiger partial charge is 0.202 e. The van der Waals surface area contributed by atoms with Gasteiger partial charge in [-0.1, -0.05) is 12.1 Å². The van der Waals surface area contributed by atoms with Crippen molar-refractivity contribution in [2.45, 2.75) is 37.8 Å². The molecular weight excluding hydrogens is 252 g/mol. The molecule has 0 aliphatic carbocycles. The minimum atomic E-state index is -0.697. The molecule has 1 aromatic carbocycles. The van der Waals surface area contributed by atoms with E-state index in [1.165, 1.54) is 0 Å². The fourth-order valence-corrected chi connectivity index (χ4v) is 2.89. The Morgan fingerprint density at radius 2 is 2.11 bits per heavy atom. The minimum Gasteiger partial charge on any atom is -0.487 e. The summed E-state index contributed by atoms with van der Waals surface area (Å²) >= 11 is 5.87. The van der Waals surface area contributed by atoms with Crippen LogP contribution in [0.4, 0.5) is 0 Å². The van der Waals surface area contributed by atoms with Gasteiger partial charge in [0.05, 0.1) is 24.2 Å². The number of rotatable bonds is 1. The molecule has 0 radical (unpaired) electrons. The van der Waals surface area contributed by atoms with Crippen molar-refractivity contribution in [2.75, 3.05) is 12.5 Å². The van der Waals surface area contributed by atoms with E-state index in [9.17, 15) is 0 Å². The zero-order chi connectivity index (χ0) is 12.8. The second kappa shape index (κ2) is 4.12. The third-order valence-corrected chi connectivity index (χ3v) is 3.72. The van der Waals surface area contributed by atoms with Gasteiger partial charge in [0.2, 0.25) is 5.79 Å². The van der Waals surface area contributed by atoms with Gasteiger partial charge in [0.25, 0.3) is 0 Å². The highest BCUT2D eigenvalue weighted by Crippen LogP contribution is 2.49. The van der Waals surface area contributed by atoms with Crippen molar-refractivity contribution in [3.63, 3.8) is 0 Å². The van der Waals surface area contributed by atoms with E-state index in [4.69, 9.17) is 25.8 Å². The van der Waals surface area contributed by atoms with Crippen molar-refractivity contribution in [1.82, 2.24) is 0 Å². The molecule has 2 heterocycles. The van der Waals surface area contributed by atoms with E-state index in [1.807, 2.05) is 38.1 Å². The van der Waals surface area contributed by atoms with Crippen LogP contribution < -0.4 is 4.74 Å². The second-order valence-corrected chi connectivity index (χ2v) is 5.80. The summed E-state index contributed by atoms with van der Waals surface area (Å²) in [7, 11) is 0. The Balaban J connectivity index is 2.04. The fraction of sp³-hybridized carbons (Fsp3) is 0.571. The van der Waals surface area contributed by atoms with Crippen LogP contribution in [0.2, 0.25) is 0 Å². The summed E-state index contributed by atoms with van der Waals surface area (Å²) in [6.07, 6.45) is 0.623. The Hall–Kier alpha value is -0.770. The average Bonchev–Trinajstić information content (AvgIpc) is 2.71. The van der Waals surface area contributed by atoms with E-state index in [0.717, 1.165) is 11.3 Å². The van der Waals surface area contributed by atoms with Gasteiger partial charge in [-0.25, -0.2) is 0 Å². The van der Waals surface area contributed by atoms with Gasteiger partial charge in [-0.3, -0.25) is 0 Å². The van der Waals surface area contributed by atoms with Crippen molar-refractivity contribution in [3.05, 3.63) is 29.8 Å². The predicted molar refractivity (Wildman–Crippen MR) is 69.0 cm³/mol. The highest BCUT2D eigenvalue weighted by Gasteiger charge is 2.51. The van der Waals surface area contributed by atoms with E-state index in [-0.39, 0.29) is 11.7 Å². The van der Waals surface area contributed by atoms with E-state index >= 15 is 0 Å². The van der Waals surface area contributed by atoms with Crippen LogP contribution in [0.3, 0.4) is 0 Å². The second-order valence-electron chi connectivity index (χ2n) is 5.49. The number of halogens is 1. The monoisotopic (exact) mass is 268 g/mol. The number of fused-ring (bicyclic) bond motifs is 2. The molecule has 0 bridgehead atoms.